The molecule has 1 aromatic rings. The van der Waals surface area contributed by atoms with Gasteiger partial charge in [0.05, 0.1) is 7.11 Å². The molecule has 0 bridgehead atoms. The van der Waals surface area contributed by atoms with Gasteiger partial charge in [0.25, 0.3) is 0 Å². The van der Waals surface area contributed by atoms with Crippen LogP contribution in [0.5, 0.6) is 11.5 Å². The summed E-state index contributed by atoms with van der Waals surface area (Å²) < 4.78 is 38.4. The molecule has 18 heavy (non-hydrogen) atoms. The summed E-state index contributed by atoms with van der Waals surface area (Å²) in [6, 6.07) is 4.15. The summed E-state index contributed by atoms with van der Waals surface area (Å²) in [5, 5.41) is 0. The lowest BCUT2D eigenvalue weighted by Crippen LogP contribution is -2.25. The highest BCUT2D eigenvalue weighted by molar-refractivity contribution is 5.72. The molecule has 1 aliphatic rings. The molecule has 0 atom stereocenters. The van der Waals surface area contributed by atoms with E-state index in [4.69, 9.17) is 0 Å². The summed E-state index contributed by atoms with van der Waals surface area (Å²) in [6.45, 7) is 0. The largest absolute Gasteiger partial charge is 0.586 e. The predicted molar refractivity (Wildman–Crippen MR) is 56.2 cm³/mol. The molecule has 2 rings (SSSR count). The van der Waals surface area contributed by atoms with Gasteiger partial charge in [0.1, 0.15) is 6.42 Å². The number of fused-ring (bicyclic) bond motifs is 1. The molecule has 0 saturated carbocycles. The minimum atomic E-state index is -3.64. The molecule has 0 amide bonds. The standard InChI is InChI=1S/C12H8F2O4/c1-16-11(15)4-2-3-8-5-6-9-10(7-8)18-12(13,14)17-9/h5-7H,4H2,1H3. The Morgan fingerprint density at radius 3 is 2.83 bits per heavy atom. The molecule has 0 spiro atoms. The van der Waals surface area contributed by atoms with Crippen molar-refractivity contribution in [3.8, 4) is 23.3 Å². The fourth-order valence-corrected chi connectivity index (χ4v) is 1.32. The first-order valence-electron chi connectivity index (χ1n) is 4.96. The number of hydrogen-bond donors (Lipinski definition) is 0. The van der Waals surface area contributed by atoms with Crippen molar-refractivity contribution in [3.63, 3.8) is 0 Å². The van der Waals surface area contributed by atoms with Crippen molar-refractivity contribution in [3.05, 3.63) is 23.8 Å². The van der Waals surface area contributed by atoms with Crippen LogP contribution in [0.4, 0.5) is 8.78 Å². The quantitative estimate of drug-likeness (QED) is 0.567. The normalized spacial score (nSPS) is 14.6. The van der Waals surface area contributed by atoms with Crippen molar-refractivity contribution < 1.29 is 27.8 Å². The number of benzene rings is 1. The summed E-state index contributed by atoms with van der Waals surface area (Å²) in [5.41, 5.74) is 0.443. The van der Waals surface area contributed by atoms with E-state index in [0.29, 0.717) is 5.56 Å². The first kappa shape index (κ1) is 12.2. The van der Waals surface area contributed by atoms with Gasteiger partial charge in [-0.05, 0) is 12.1 Å². The number of ether oxygens (including phenoxy) is 3. The Bertz CT molecular complexity index is 543. The molecular weight excluding hydrogens is 246 g/mol. The Morgan fingerprint density at radius 1 is 1.39 bits per heavy atom. The number of rotatable bonds is 1. The van der Waals surface area contributed by atoms with Gasteiger partial charge < -0.3 is 14.2 Å². The van der Waals surface area contributed by atoms with Gasteiger partial charge in [-0.2, -0.15) is 0 Å². The van der Waals surface area contributed by atoms with Crippen molar-refractivity contribution >= 4 is 5.97 Å². The Kier molecular flexibility index (Phi) is 3.06. The number of carbonyl (C=O) groups excluding carboxylic acids is 1. The van der Waals surface area contributed by atoms with Gasteiger partial charge in [-0.15, -0.1) is 8.78 Å². The highest BCUT2D eigenvalue weighted by atomic mass is 19.3. The van der Waals surface area contributed by atoms with E-state index < -0.39 is 12.3 Å². The van der Waals surface area contributed by atoms with Crippen molar-refractivity contribution in [2.45, 2.75) is 12.7 Å². The molecular formula is C12H8F2O4. The van der Waals surface area contributed by atoms with E-state index in [1.807, 2.05) is 0 Å². The lowest BCUT2D eigenvalue weighted by atomic mass is 10.2. The van der Waals surface area contributed by atoms with Gasteiger partial charge in [0.2, 0.25) is 0 Å². The van der Waals surface area contributed by atoms with Crippen molar-refractivity contribution in [1.29, 1.82) is 0 Å². The molecule has 0 N–H and O–H groups in total. The summed E-state index contributed by atoms with van der Waals surface area (Å²) >= 11 is 0. The molecule has 6 heteroatoms. The molecule has 0 radical (unpaired) electrons. The highest BCUT2D eigenvalue weighted by Gasteiger charge is 2.43. The molecule has 4 nitrogen and oxygen atoms in total. The maximum atomic E-state index is 12.7. The number of alkyl halides is 2. The molecule has 0 saturated heterocycles. The monoisotopic (exact) mass is 254 g/mol. The van der Waals surface area contributed by atoms with E-state index >= 15 is 0 Å². The van der Waals surface area contributed by atoms with Gasteiger partial charge in [0, 0.05) is 11.6 Å². The average molecular weight is 254 g/mol. The van der Waals surface area contributed by atoms with E-state index in [0.717, 1.165) is 0 Å². The van der Waals surface area contributed by atoms with Crippen LogP contribution in [0.2, 0.25) is 0 Å². The Morgan fingerprint density at radius 2 is 2.11 bits per heavy atom. The van der Waals surface area contributed by atoms with Crippen LogP contribution in [0.15, 0.2) is 18.2 Å². The Balaban J connectivity index is 2.12. The first-order valence-corrected chi connectivity index (χ1v) is 4.96. The SMILES string of the molecule is COC(=O)CC#Cc1ccc2c(c1)OC(F)(F)O2. The maximum Gasteiger partial charge on any atom is 0.586 e. The zero-order chi connectivity index (χ0) is 13.2. The van der Waals surface area contributed by atoms with Crippen LogP contribution in [0.3, 0.4) is 0 Å². The summed E-state index contributed by atoms with van der Waals surface area (Å²) in [6.07, 6.45) is -3.71. The predicted octanol–water partition coefficient (Wildman–Crippen LogP) is 1.92. The number of methoxy groups -OCH3 is 1. The fourth-order valence-electron chi connectivity index (χ4n) is 1.32. The summed E-state index contributed by atoms with van der Waals surface area (Å²) in [7, 11) is 1.26. The third-order valence-corrected chi connectivity index (χ3v) is 2.09. The zero-order valence-corrected chi connectivity index (χ0v) is 9.33. The second-order valence-corrected chi connectivity index (χ2v) is 3.38. The zero-order valence-electron chi connectivity index (χ0n) is 9.33. The molecule has 1 aromatic carbocycles. The van der Waals surface area contributed by atoms with Crippen molar-refractivity contribution in [2.24, 2.45) is 0 Å². The van der Waals surface area contributed by atoms with E-state index in [2.05, 4.69) is 26.1 Å². The van der Waals surface area contributed by atoms with Crippen LogP contribution in [0.25, 0.3) is 0 Å². The molecule has 1 aliphatic heterocycles. The van der Waals surface area contributed by atoms with Gasteiger partial charge >= 0.3 is 12.3 Å². The lowest BCUT2D eigenvalue weighted by molar-refractivity contribution is -0.286. The third kappa shape index (κ3) is 2.69. The van der Waals surface area contributed by atoms with Crippen LogP contribution in [-0.4, -0.2) is 19.4 Å². The number of hydrogen-bond acceptors (Lipinski definition) is 4. The lowest BCUT2D eigenvalue weighted by Gasteiger charge is -2.04. The van der Waals surface area contributed by atoms with Crippen LogP contribution >= 0.6 is 0 Å². The fraction of sp³-hybridized carbons (Fsp3) is 0.250. The van der Waals surface area contributed by atoms with Crippen molar-refractivity contribution in [1.82, 2.24) is 0 Å². The molecule has 0 fully saturated rings. The second kappa shape index (κ2) is 4.53. The first-order chi connectivity index (χ1) is 8.50. The second-order valence-electron chi connectivity index (χ2n) is 3.38. The number of carbonyl (C=O) groups is 1. The van der Waals surface area contributed by atoms with Crippen LogP contribution in [0, 0.1) is 11.8 Å². The van der Waals surface area contributed by atoms with E-state index in [-0.39, 0.29) is 17.9 Å². The van der Waals surface area contributed by atoms with Gasteiger partial charge in [-0.25, -0.2) is 0 Å². The van der Waals surface area contributed by atoms with Gasteiger partial charge in [0.15, 0.2) is 11.5 Å². The van der Waals surface area contributed by atoms with Gasteiger partial charge in [-0.1, -0.05) is 11.8 Å². The van der Waals surface area contributed by atoms with Crippen molar-refractivity contribution in [2.75, 3.05) is 7.11 Å². The maximum absolute atomic E-state index is 12.7. The topological polar surface area (TPSA) is 44.8 Å². The van der Waals surface area contributed by atoms with E-state index in [1.165, 1.54) is 25.3 Å². The molecule has 0 unspecified atom stereocenters. The molecule has 1 heterocycles. The molecule has 0 aromatic heterocycles. The van der Waals surface area contributed by atoms with Gasteiger partial charge in [-0.3, -0.25) is 4.79 Å². The summed E-state index contributed by atoms with van der Waals surface area (Å²) in [5.74, 6) is 4.61. The Hall–Kier alpha value is -2.29. The van der Waals surface area contributed by atoms with E-state index in [9.17, 15) is 13.6 Å². The van der Waals surface area contributed by atoms with Crippen LogP contribution < -0.4 is 9.47 Å². The summed E-state index contributed by atoms with van der Waals surface area (Å²) in [4.78, 5) is 10.8. The number of halogens is 2. The Labute approximate surface area is 101 Å². The minimum absolute atomic E-state index is 0.0430. The van der Waals surface area contributed by atoms with E-state index in [1.54, 1.807) is 0 Å². The smallest absolute Gasteiger partial charge is 0.468 e. The third-order valence-electron chi connectivity index (χ3n) is 2.09. The number of esters is 1. The molecule has 0 aliphatic carbocycles. The van der Waals surface area contributed by atoms with Crippen LogP contribution in [-0.2, 0) is 9.53 Å². The minimum Gasteiger partial charge on any atom is -0.468 e. The van der Waals surface area contributed by atoms with Crippen LogP contribution in [0.1, 0.15) is 12.0 Å². The molecule has 94 valence electrons. The highest BCUT2D eigenvalue weighted by Crippen LogP contribution is 2.40. The average Bonchev–Trinajstić information content (AvgIpc) is 2.62.